The van der Waals surface area contributed by atoms with E-state index in [4.69, 9.17) is 0 Å². The van der Waals surface area contributed by atoms with Gasteiger partial charge in [0.05, 0.1) is 6.54 Å². The van der Waals surface area contributed by atoms with Crippen LogP contribution in [0.25, 0.3) is 0 Å². The second-order valence-corrected chi connectivity index (χ2v) is 4.85. The van der Waals surface area contributed by atoms with E-state index in [0.717, 1.165) is 23.8 Å². The molecule has 0 fully saturated rings. The van der Waals surface area contributed by atoms with Crippen LogP contribution in [0.3, 0.4) is 0 Å². The molecule has 0 aromatic carbocycles. The van der Waals surface area contributed by atoms with Gasteiger partial charge in [0, 0.05) is 13.6 Å². The number of nitrogens with zero attached hydrogens (tertiary/aromatic N) is 3. The van der Waals surface area contributed by atoms with Crippen LogP contribution in [0.4, 0.5) is 4.79 Å². The van der Waals surface area contributed by atoms with Crippen molar-refractivity contribution in [2.75, 3.05) is 18.1 Å². The van der Waals surface area contributed by atoms with Crippen LogP contribution in [0.1, 0.15) is 19.2 Å². The maximum Gasteiger partial charge on any atom is 0.315 e. The highest BCUT2D eigenvalue weighted by Gasteiger charge is 2.03. The van der Waals surface area contributed by atoms with Crippen LogP contribution in [-0.2, 0) is 13.6 Å². The number of hydrogen-bond donors (Lipinski definition) is 2. The summed E-state index contributed by atoms with van der Waals surface area (Å²) in [5.74, 6) is 2.94. The molecule has 0 saturated heterocycles. The van der Waals surface area contributed by atoms with Crippen LogP contribution in [0.5, 0.6) is 0 Å². The molecule has 2 N–H and O–H groups in total. The lowest BCUT2D eigenvalue weighted by Crippen LogP contribution is -2.36. The molecule has 0 bridgehead atoms. The lowest BCUT2D eigenvalue weighted by atomic mass is 10.5. The Morgan fingerprint density at radius 1 is 1.53 bits per heavy atom. The second-order valence-electron chi connectivity index (χ2n) is 3.46. The van der Waals surface area contributed by atoms with E-state index in [-0.39, 0.29) is 6.03 Å². The van der Waals surface area contributed by atoms with E-state index in [0.29, 0.717) is 13.1 Å². The van der Waals surface area contributed by atoms with Gasteiger partial charge in [-0.3, -0.25) is 4.68 Å². The first-order chi connectivity index (χ1) is 8.24. The zero-order chi connectivity index (χ0) is 12.5. The molecule has 7 heteroatoms. The normalized spacial score (nSPS) is 10.2. The van der Waals surface area contributed by atoms with E-state index in [9.17, 15) is 4.79 Å². The number of thioether (sulfide) groups is 1. The molecular formula is C10H19N5OS. The minimum Gasteiger partial charge on any atom is -0.338 e. The Kier molecular flexibility index (Phi) is 6.46. The molecular weight excluding hydrogens is 238 g/mol. The Balaban J connectivity index is 2.07. The second kappa shape index (κ2) is 7.94. The van der Waals surface area contributed by atoms with Gasteiger partial charge in [0.15, 0.2) is 0 Å². The van der Waals surface area contributed by atoms with Crippen molar-refractivity contribution in [2.24, 2.45) is 7.05 Å². The standard InChI is InChI=1S/C10H19N5OS/c1-3-17-6-4-5-11-10(16)12-7-9-13-8-14-15(9)2/h8H,3-7H2,1-2H3,(H2,11,12,16). The number of aromatic nitrogens is 3. The average Bonchev–Trinajstić information content (AvgIpc) is 2.72. The van der Waals surface area contributed by atoms with Gasteiger partial charge in [0.2, 0.25) is 0 Å². The molecule has 1 heterocycles. The zero-order valence-corrected chi connectivity index (χ0v) is 11.1. The van der Waals surface area contributed by atoms with Gasteiger partial charge in [0.1, 0.15) is 12.2 Å². The summed E-state index contributed by atoms with van der Waals surface area (Å²) in [7, 11) is 1.80. The predicted molar refractivity (Wildman–Crippen MR) is 68.9 cm³/mol. The SMILES string of the molecule is CCSCCCNC(=O)NCc1ncnn1C. The first kappa shape index (κ1) is 13.8. The highest BCUT2D eigenvalue weighted by Crippen LogP contribution is 1.99. The van der Waals surface area contributed by atoms with E-state index >= 15 is 0 Å². The minimum absolute atomic E-state index is 0.158. The minimum atomic E-state index is -0.158. The van der Waals surface area contributed by atoms with E-state index in [1.807, 2.05) is 11.8 Å². The molecule has 96 valence electrons. The van der Waals surface area contributed by atoms with Crippen molar-refractivity contribution in [2.45, 2.75) is 19.9 Å². The van der Waals surface area contributed by atoms with E-state index in [1.165, 1.54) is 6.33 Å². The Bertz CT molecular complexity index is 341. The van der Waals surface area contributed by atoms with Gasteiger partial charge in [-0.25, -0.2) is 9.78 Å². The van der Waals surface area contributed by atoms with Crippen molar-refractivity contribution in [3.8, 4) is 0 Å². The molecule has 0 aliphatic carbocycles. The van der Waals surface area contributed by atoms with Gasteiger partial charge in [-0.2, -0.15) is 16.9 Å². The number of nitrogens with one attached hydrogen (secondary N) is 2. The fraction of sp³-hybridized carbons (Fsp3) is 0.700. The molecule has 0 radical (unpaired) electrons. The summed E-state index contributed by atoms with van der Waals surface area (Å²) >= 11 is 1.88. The number of hydrogen-bond acceptors (Lipinski definition) is 4. The monoisotopic (exact) mass is 257 g/mol. The number of aryl methyl sites for hydroxylation is 1. The summed E-state index contributed by atoms with van der Waals surface area (Å²) in [6.07, 6.45) is 2.47. The average molecular weight is 257 g/mol. The summed E-state index contributed by atoms with van der Waals surface area (Å²) in [6.45, 7) is 3.23. The third kappa shape index (κ3) is 5.58. The number of rotatable bonds is 7. The molecule has 1 aromatic heterocycles. The summed E-state index contributed by atoms with van der Waals surface area (Å²) < 4.78 is 1.64. The van der Waals surface area contributed by atoms with Crippen molar-refractivity contribution in [3.63, 3.8) is 0 Å². The Hall–Kier alpha value is -1.24. The van der Waals surface area contributed by atoms with Gasteiger partial charge in [-0.15, -0.1) is 0 Å². The van der Waals surface area contributed by atoms with Crippen LogP contribution < -0.4 is 10.6 Å². The van der Waals surface area contributed by atoms with Crippen molar-refractivity contribution in [3.05, 3.63) is 12.2 Å². The molecule has 6 nitrogen and oxygen atoms in total. The largest absolute Gasteiger partial charge is 0.338 e. The quantitative estimate of drug-likeness (QED) is 0.707. The van der Waals surface area contributed by atoms with Crippen molar-refractivity contribution < 1.29 is 4.79 Å². The topological polar surface area (TPSA) is 71.8 Å². The summed E-state index contributed by atoms with van der Waals surface area (Å²) in [4.78, 5) is 15.4. The van der Waals surface area contributed by atoms with Crippen LogP contribution in [0, 0.1) is 0 Å². The number of carbonyl (C=O) groups is 1. The molecule has 0 aliphatic rings. The van der Waals surface area contributed by atoms with Crippen molar-refractivity contribution >= 4 is 17.8 Å². The molecule has 0 aliphatic heterocycles. The molecule has 1 rings (SSSR count). The lowest BCUT2D eigenvalue weighted by molar-refractivity contribution is 0.240. The lowest BCUT2D eigenvalue weighted by Gasteiger charge is -2.06. The van der Waals surface area contributed by atoms with Crippen LogP contribution in [0.15, 0.2) is 6.33 Å². The van der Waals surface area contributed by atoms with Gasteiger partial charge in [-0.1, -0.05) is 6.92 Å². The van der Waals surface area contributed by atoms with E-state index < -0.39 is 0 Å². The Morgan fingerprint density at radius 3 is 3.00 bits per heavy atom. The van der Waals surface area contributed by atoms with Crippen LogP contribution in [0.2, 0.25) is 0 Å². The summed E-state index contributed by atoms with van der Waals surface area (Å²) in [5.41, 5.74) is 0. The maximum atomic E-state index is 11.4. The highest BCUT2D eigenvalue weighted by atomic mass is 32.2. The first-order valence-corrected chi connectivity index (χ1v) is 6.81. The highest BCUT2D eigenvalue weighted by molar-refractivity contribution is 7.99. The third-order valence-corrected chi connectivity index (χ3v) is 3.15. The Morgan fingerprint density at radius 2 is 2.35 bits per heavy atom. The van der Waals surface area contributed by atoms with Gasteiger partial charge in [-0.05, 0) is 17.9 Å². The third-order valence-electron chi connectivity index (χ3n) is 2.17. The number of amides is 2. The van der Waals surface area contributed by atoms with Crippen molar-refractivity contribution in [1.82, 2.24) is 25.4 Å². The van der Waals surface area contributed by atoms with E-state index in [1.54, 1.807) is 11.7 Å². The molecule has 0 saturated carbocycles. The molecule has 0 unspecified atom stereocenters. The first-order valence-electron chi connectivity index (χ1n) is 5.66. The van der Waals surface area contributed by atoms with Crippen molar-refractivity contribution in [1.29, 1.82) is 0 Å². The summed E-state index contributed by atoms with van der Waals surface area (Å²) in [6, 6.07) is -0.158. The van der Waals surface area contributed by atoms with Crippen LogP contribution >= 0.6 is 11.8 Å². The molecule has 0 spiro atoms. The fourth-order valence-electron chi connectivity index (χ4n) is 1.22. The van der Waals surface area contributed by atoms with Gasteiger partial charge < -0.3 is 10.6 Å². The fourth-order valence-corrected chi connectivity index (χ4v) is 1.86. The van der Waals surface area contributed by atoms with Gasteiger partial charge >= 0.3 is 6.03 Å². The molecule has 0 atom stereocenters. The number of urea groups is 1. The maximum absolute atomic E-state index is 11.4. The number of carbonyl (C=O) groups excluding carboxylic acids is 1. The van der Waals surface area contributed by atoms with E-state index in [2.05, 4.69) is 27.6 Å². The summed E-state index contributed by atoms with van der Waals surface area (Å²) in [5, 5.41) is 9.46. The van der Waals surface area contributed by atoms with Gasteiger partial charge in [0.25, 0.3) is 0 Å². The molecule has 17 heavy (non-hydrogen) atoms. The predicted octanol–water partition coefficient (Wildman–Crippen LogP) is 0.757. The smallest absolute Gasteiger partial charge is 0.315 e. The van der Waals surface area contributed by atoms with Crippen LogP contribution in [-0.4, -0.2) is 38.8 Å². The molecule has 1 aromatic rings. The molecule has 2 amide bonds. The Labute approximate surface area is 106 Å². The zero-order valence-electron chi connectivity index (χ0n) is 10.3.